The number of rotatable bonds is 10. The van der Waals surface area contributed by atoms with Gasteiger partial charge in [0.2, 0.25) is 0 Å². The summed E-state index contributed by atoms with van der Waals surface area (Å²) >= 11 is 0. The SMILES string of the molecule is COc1ccc(S(=O)(=O)NN(O)C(=O)c2cccc(OCCO)c2)c(Cc2ccccc2)c1. The molecule has 0 saturated heterocycles. The van der Waals surface area contributed by atoms with Gasteiger partial charge in [-0.3, -0.25) is 10.0 Å². The van der Waals surface area contributed by atoms with Crippen LogP contribution in [0.1, 0.15) is 21.5 Å². The number of amides is 1. The van der Waals surface area contributed by atoms with Gasteiger partial charge in [-0.1, -0.05) is 41.2 Å². The number of aliphatic hydroxyl groups is 1. The van der Waals surface area contributed by atoms with E-state index in [1.54, 1.807) is 12.1 Å². The molecule has 3 rings (SSSR count). The summed E-state index contributed by atoms with van der Waals surface area (Å²) in [4.78, 5) is 14.4. The number of hydrogen-bond donors (Lipinski definition) is 3. The molecule has 3 aromatic rings. The first kappa shape index (κ1) is 24.2. The van der Waals surface area contributed by atoms with Crippen molar-refractivity contribution in [1.82, 2.24) is 10.0 Å². The van der Waals surface area contributed by atoms with Gasteiger partial charge in [0.15, 0.2) is 0 Å². The second kappa shape index (κ2) is 10.9. The average Bonchev–Trinajstić information content (AvgIpc) is 2.82. The first-order chi connectivity index (χ1) is 15.8. The van der Waals surface area contributed by atoms with Gasteiger partial charge in [0.25, 0.3) is 15.9 Å². The topological polar surface area (TPSA) is 125 Å². The molecular formula is C23H24N2O7S. The molecule has 0 atom stereocenters. The van der Waals surface area contributed by atoms with Crippen LogP contribution < -0.4 is 14.3 Å². The summed E-state index contributed by atoms with van der Waals surface area (Å²) in [6.45, 7) is -0.188. The van der Waals surface area contributed by atoms with Crippen LogP contribution in [0.25, 0.3) is 0 Å². The smallest absolute Gasteiger partial charge is 0.293 e. The molecule has 0 saturated carbocycles. The number of hydroxylamine groups is 1. The zero-order chi connectivity index (χ0) is 23.8. The highest BCUT2D eigenvalue weighted by Gasteiger charge is 2.25. The van der Waals surface area contributed by atoms with E-state index >= 15 is 0 Å². The largest absolute Gasteiger partial charge is 0.497 e. The van der Waals surface area contributed by atoms with Gasteiger partial charge in [0.1, 0.15) is 18.1 Å². The highest BCUT2D eigenvalue weighted by atomic mass is 32.2. The number of sulfonamides is 1. The van der Waals surface area contributed by atoms with E-state index in [2.05, 4.69) is 0 Å². The molecule has 0 aliphatic rings. The third-order valence-corrected chi connectivity index (χ3v) is 6.03. The fraction of sp³-hybridized carbons (Fsp3) is 0.174. The van der Waals surface area contributed by atoms with E-state index in [0.29, 0.717) is 11.3 Å². The first-order valence-electron chi connectivity index (χ1n) is 9.94. The number of nitrogens with one attached hydrogen (secondary N) is 1. The molecule has 10 heteroatoms. The molecule has 0 spiro atoms. The zero-order valence-electron chi connectivity index (χ0n) is 17.8. The van der Waals surface area contributed by atoms with Crippen LogP contribution >= 0.6 is 0 Å². The maximum absolute atomic E-state index is 13.0. The molecular weight excluding hydrogens is 448 g/mol. The molecule has 1 amide bonds. The van der Waals surface area contributed by atoms with Crippen molar-refractivity contribution in [2.24, 2.45) is 0 Å². The molecule has 174 valence electrons. The van der Waals surface area contributed by atoms with Crippen molar-refractivity contribution < 1.29 is 33.0 Å². The van der Waals surface area contributed by atoms with Crippen LogP contribution in [0.4, 0.5) is 0 Å². The van der Waals surface area contributed by atoms with Crippen LogP contribution in [-0.4, -0.2) is 50.1 Å². The molecule has 0 unspecified atom stereocenters. The van der Waals surface area contributed by atoms with E-state index in [1.165, 1.54) is 37.4 Å². The van der Waals surface area contributed by atoms with Crippen molar-refractivity contribution >= 4 is 15.9 Å². The fourth-order valence-electron chi connectivity index (χ4n) is 3.11. The zero-order valence-corrected chi connectivity index (χ0v) is 18.7. The third-order valence-electron chi connectivity index (χ3n) is 4.63. The lowest BCUT2D eigenvalue weighted by Crippen LogP contribution is -2.44. The predicted octanol–water partition coefficient (Wildman–Crippen LogP) is 2.38. The first-order valence-corrected chi connectivity index (χ1v) is 11.4. The minimum atomic E-state index is -4.33. The molecule has 0 aliphatic heterocycles. The summed E-state index contributed by atoms with van der Waals surface area (Å²) in [6, 6.07) is 19.5. The van der Waals surface area contributed by atoms with E-state index in [-0.39, 0.29) is 41.0 Å². The third kappa shape index (κ3) is 6.30. The summed E-state index contributed by atoms with van der Waals surface area (Å²) in [5.41, 5.74) is 1.28. The lowest BCUT2D eigenvalue weighted by atomic mass is 10.0. The van der Waals surface area contributed by atoms with E-state index in [0.717, 1.165) is 5.56 Å². The Morgan fingerprint density at radius 3 is 2.45 bits per heavy atom. The summed E-state index contributed by atoms with van der Waals surface area (Å²) in [5.74, 6) is -0.255. The number of hydrogen-bond acceptors (Lipinski definition) is 7. The van der Waals surface area contributed by atoms with Crippen LogP contribution in [0.2, 0.25) is 0 Å². The lowest BCUT2D eigenvalue weighted by molar-refractivity contribution is -0.0761. The summed E-state index contributed by atoms with van der Waals surface area (Å²) in [5, 5.41) is 19.0. The molecule has 0 aliphatic carbocycles. The summed E-state index contributed by atoms with van der Waals surface area (Å²) < 4.78 is 36.5. The summed E-state index contributed by atoms with van der Waals surface area (Å²) in [6.07, 6.45) is 0.290. The van der Waals surface area contributed by atoms with Crippen LogP contribution in [-0.2, 0) is 16.4 Å². The molecule has 3 N–H and O–H groups in total. The molecule has 3 aromatic carbocycles. The van der Waals surface area contributed by atoms with Gasteiger partial charge in [0, 0.05) is 5.56 Å². The minimum Gasteiger partial charge on any atom is -0.497 e. The van der Waals surface area contributed by atoms with Gasteiger partial charge in [-0.05, 0) is 53.9 Å². The number of benzene rings is 3. The number of nitrogens with zero attached hydrogens (tertiary/aromatic N) is 1. The Morgan fingerprint density at radius 2 is 1.76 bits per heavy atom. The maximum Gasteiger partial charge on any atom is 0.293 e. The maximum atomic E-state index is 13.0. The lowest BCUT2D eigenvalue weighted by Gasteiger charge is -2.18. The Morgan fingerprint density at radius 1 is 1.00 bits per heavy atom. The molecule has 0 fully saturated rings. The number of aliphatic hydroxyl groups excluding tert-OH is 1. The van der Waals surface area contributed by atoms with Gasteiger partial charge < -0.3 is 14.6 Å². The Kier molecular flexibility index (Phi) is 8.01. The van der Waals surface area contributed by atoms with E-state index in [1.807, 2.05) is 35.2 Å². The Bertz CT molecular complexity index is 1200. The van der Waals surface area contributed by atoms with Gasteiger partial charge >= 0.3 is 0 Å². The molecule has 0 heterocycles. The van der Waals surface area contributed by atoms with Crippen molar-refractivity contribution in [2.45, 2.75) is 11.3 Å². The quantitative estimate of drug-likeness (QED) is 0.306. The molecule has 0 bridgehead atoms. The van der Waals surface area contributed by atoms with Crippen molar-refractivity contribution in [1.29, 1.82) is 0 Å². The molecule has 9 nitrogen and oxygen atoms in total. The molecule has 33 heavy (non-hydrogen) atoms. The van der Waals surface area contributed by atoms with Crippen LogP contribution in [0.15, 0.2) is 77.7 Å². The average molecular weight is 473 g/mol. The fourth-order valence-corrected chi connectivity index (χ4v) is 4.24. The summed E-state index contributed by atoms with van der Waals surface area (Å²) in [7, 11) is -2.85. The van der Waals surface area contributed by atoms with E-state index in [4.69, 9.17) is 14.6 Å². The number of ether oxygens (including phenoxy) is 2. The van der Waals surface area contributed by atoms with Crippen molar-refractivity contribution in [3.8, 4) is 11.5 Å². The number of hydrazine groups is 1. The Balaban J connectivity index is 1.84. The van der Waals surface area contributed by atoms with E-state index in [9.17, 15) is 18.4 Å². The molecule has 0 radical (unpaired) electrons. The number of carbonyl (C=O) groups excluding carboxylic acids is 1. The van der Waals surface area contributed by atoms with E-state index < -0.39 is 15.9 Å². The number of carbonyl (C=O) groups is 1. The van der Waals surface area contributed by atoms with Gasteiger partial charge in [0.05, 0.1) is 18.6 Å². The van der Waals surface area contributed by atoms with Crippen molar-refractivity contribution in [3.05, 3.63) is 89.5 Å². The van der Waals surface area contributed by atoms with Gasteiger partial charge in [-0.15, -0.1) is 5.17 Å². The Labute approximate surface area is 191 Å². The number of methoxy groups -OCH3 is 1. The van der Waals surface area contributed by atoms with Gasteiger partial charge in [-0.2, -0.15) is 0 Å². The monoisotopic (exact) mass is 472 g/mol. The second-order valence-corrected chi connectivity index (χ2v) is 8.58. The normalized spacial score (nSPS) is 11.1. The highest BCUT2D eigenvalue weighted by Crippen LogP contribution is 2.25. The van der Waals surface area contributed by atoms with Crippen molar-refractivity contribution in [3.63, 3.8) is 0 Å². The Hall–Kier alpha value is -3.44. The van der Waals surface area contributed by atoms with Crippen molar-refractivity contribution in [2.75, 3.05) is 20.3 Å². The van der Waals surface area contributed by atoms with Gasteiger partial charge in [-0.25, -0.2) is 8.42 Å². The molecule has 0 aromatic heterocycles. The van der Waals surface area contributed by atoms with Crippen LogP contribution in [0, 0.1) is 0 Å². The second-order valence-electron chi connectivity index (χ2n) is 6.95. The predicted molar refractivity (Wildman–Crippen MR) is 120 cm³/mol. The highest BCUT2D eigenvalue weighted by molar-refractivity contribution is 7.89. The minimum absolute atomic E-state index is 0.0186. The van der Waals surface area contributed by atoms with Crippen LogP contribution in [0.3, 0.4) is 0 Å². The van der Waals surface area contributed by atoms with Crippen LogP contribution in [0.5, 0.6) is 11.5 Å². The standard InChI is InChI=1S/C23H24N2O7S/c1-31-20-10-11-22(19(16-20)14-17-6-3-2-4-7-17)33(29,30)24-25(28)23(27)18-8-5-9-21(15-18)32-13-12-26/h2-11,15-16,24,26,28H,12-14H2,1H3.